The monoisotopic (exact) mass is 350 g/mol. The molecule has 0 aromatic rings. The Bertz CT molecular complexity index is 603. The first-order valence-corrected chi connectivity index (χ1v) is 8.65. The highest BCUT2D eigenvalue weighted by molar-refractivity contribution is 5.75. The summed E-state index contributed by atoms with van der Waals surface area (Å²) < 4.78 is 16.1. The van der Waals surface area contributed by atoms with E-state index >= 15 is 0 Å². The zero-order chi connectivity index (χ0) is 18.6. The fourth-order valence-electron chi connectivity index (χ4n) is 3.31. The summed E-state index contributed by atoms with van der Waals surface area (Å²) in [5.74, 6) is -1.30. The number of fused-ring (bicyclic) bond motifs is 1. The second kappa shape index (κ2) is 8.32. The minimum atomic E-state index is -0.392. The molecular weight excluding hydrogens is 324 g/mol. The normalized spacial score (nSPS) is 33.8. The number of hydrogen-bond acceptors (Lipinski definition) is 6. The van der Waals surface area contributed by atoms with Gasteiger partial charge < -0.3 is 14.2 Å². The van der Waals surface area contributed by atoms with Gasteiger partial charge in [0, 0.05) is 19.8 Å². The standard InChI is InChI=1S/C19H26O6/c1-11-6-5-7-15(10-23-13(3)20)8-18-16(12(2)19(22)25-18)9-17(11)24-14(4)21/h6,8,12,16-18H,5,7,9-10H2,1-4H3/b11-6+,15-8-/t12-,16-,17-,18-/m0/s1. The van der Waals surface area contributed by atoms with Crippen molar-refractivity contribution in [1.29, 1.82) is 0 Å². The van der Waals surface area contributed by atoms with Crippen molar-refractivity contribution in [2.24, 2.45) is 11.8 Å². The van der Waals surface area contributed by atoms with Gasteiger partial charge in [0.2, 0.25) is 0 Å². The topological polar surface area (TPSA) is 78.9 Å². The van der Waals surface area contributed by atoms with Crippen LogP contribution in [0, 0.1) is 11.8 Å². The molecule has 0 saturated carbocycles. The van der Waals surface area contributed by atoms with Crippen molar-refractivity contribution in [1.82, 2.24) is 0 Å². The van der Waals surface area contributed by atoms with Crippen molar-refractivity contribution >= 4 is 17.9 Å². The van der Waals surface area contributed by atoms with Gasteiger partial charge in [-0.25, -0.2) is 0 Å². The minimum absolute atomic E-state index is 0.0920. The van der Waals surface area contributed by atoms with Crippen LogP contribution in [0.5, 0.6) is 0 Å². The number of allylic oxidation sites excluding steroid dienone is 1. The van der Waals surface area contributed by atoms with Gasteiger partial charge in [0.15, 0.2) is 0 Å². The van der Waals surface area contributed by atoms with Gasteiger partial charge >= 0.3 is 17.9 Å². The van der Waals surface area contributed by atoms with Crippen molar-refractivity contribution in [2.75, 3.05) is 6.61 Å². The molecule has 1 aliphatic carbocycles. The quantitative estimate of drug-likeness (QED) is 0.442. The Balaban J connectivity index is 2.28. The fraction of sp³-hybridized carbons (Fsp3) is 0.632. The SMILES string of the molecule is CC(=O)OC/C1=C\[C@@H]2OC(=O)[C@@H](C)[C@@H]2C[C@H](OC(C)=O)/C(C)=C/CC1. The van der Waals surface area contributed by atoms with E-state index in [1.165, 1.54) is 13.8 Å². The van der Waals surface area contributed by atoms with Crippen LogP contribution in [0.4, 0.5) is 0 Å². The molecule has 1 fully saturated rings. The van der Waals surface area contributed by atoms with E-state index in [1.807, 2.05) is 26.0 Å². The van der Waals surface area contributed by atoms with Crippen LogP contribution in [0.1, 0.15) is 47.0 Å². The van der Waals surface area contributed by atoms with Gasteiger partial charge in [0.1, 0.15) is 18.8 Å². The zero-order valence-corrected chi connectivity index (χ0v) is 15.2. The lowest BCUT2D eigenvalue weighted by Crippen LogP contribution is -2.28. The largest absolute Gasteiger partial charge is 0.461 e. The van der Waals surface area contributed by atoms with Gasteiger partial charge in [-0.05, 0) is 43.4 Å². The molecule has 1 heterocycles. The van der Waals surface area contributed by atoms with Gasteiger partial charge in [0.05, 0.1) is 5.92 Å². The Morgan fingerprint density at radius 3 is 2.64 bits per heavy atom. The van der Waals surface area contributed by atoms with Crippen LogP contribution in [0.2, 0.25) is 0 Å². The minimum Gasteiger partial charge on any atom is -0.461 e. The van der Waals surface area contributed by atoms with Crippen LogP contribution in [-0.4, -0.2) is 36.7 Å². The van der Waals surface area contributed by atoms with Crippen molar-refractivity contribution in [3.63, 3.8) is 0 Å². The first-order valence-electron chi connectivity index (χ1n) is 8.65. The van der Waals surface area contributed by atoms with Crippen LogP contribution >= 0.6 is 0 Å². The number of esters is 3. The first kappa shape index (κ1) is 19.2. The lowest BCUT2D eigenvalue weighted by molar-refractivity contribution is -0.145. The number of carbonyl (C=O) groups is 3. The zero-order valence-electron chi connectivity index (χ0n) is 15.2. The van der Waals surface area contributed by atoms with E-state index in [-0.39, 0.29) is 42.5 Å². The van der Waals surface area contributed by atoms with Gasteiger partial charge in [-0.15, -0.1) is 0 Å². The Kier molecular flexibility index (Phi) is 6.39. The van der Waals surface area contributed by atoms with Crippen molar-refractivity contribution < 1.29 is 28.6 Å². The first-order chi connectivity index (χ1) is 11.8. The van der Waals surface area contributed by atoms with Gasteiger partial charge in [-0.2, -0.15) is 0 Å². The Morgan fingerprint density at radius 2 is 2.00 bits per heavy atom. The highest BCUT2D eigenvalue weighted by atomic mass is 16.6. The molecule has 1 saturated heterocycles. The van der Waals surface area contributed by atoms with Crippen molar-refractivity contribution in [3.8, 4) is 0 Å². The molecule has 2 aliphatic rings. The predicted octanol–water partition coefficient (Wildman–Crippen LogP) is 2.72. The number of ether oxygens (including phenoxy) is 3. The predicted molar refractivity (Wildman–Crippen MR) is 90.4 cm³/mol. The number of hydrogen-bond donors (Lipinski definition) is 0. The van der Waals surface area contributed by atoms with E-state index in [0.717, 1.165) is 17.6 Å². The molecular formula is C19H26O6. The summed E-state index contributed by atoms with van der Waals surface area (Å²) in [6, 6.07) is 0. The second-order valence-electron chi connectivity index (χ2n) is 6.78. The molecule has 6 nitrogen and oxygen atoms in total. The highest BCUT2D eigenvalue weighted by Crippen LogP contribution is 2.36. The Hall–Kier alpha value is -2.11. The summed E-state index contributed by atoms with van der Waals surface area (Å²) in [5, 5.41) is 0. The molecule has 0 bridgehead atoms. The van der Waals surface area contributed by atoms with E-state index in [1.54, 1.807) is 0 Å². The van der Waals surface area contributed by atoms with Crippen LogP contribution in [0.15, 0.2) is 23.3 Å². The smallest absolute Gasteiger partial charge is 0.309 e. The van der Waals surface area contributed by atoms with E-state index in [0.29, 0.717) is 12.8 Å². The van der Waals surface area contributed by atoms with Crippen molar-refractivity contribution in [3.05, 3.63) is 23.3 Å². The van der Waals surface area contributed by atoms with Crippen LogP contribution < -0.4 is 0 Å². The summed E-state index contributed by atoms with van der Waals surface area (Å²) in [5.41, 5.74) is 1.90. The average Bonchev–Trinajstić information content (AvgIpc) is 2.78. The van der Waals surface area contributed by atoms with E-state index in [4.69, 9.17) is 14.2 Å². The summed E-state index contributed by atoms with van der Waals surface area (Å²) in [4.78, 5) is 34.6. The molecule has 2 rings (SSSR count). The van der Waals surface area contributed by atoms with Crippen LogP contribution in [0.3, 0.4) is 0 Å². The third-order valence-electron chi connectivity index (χ3n) is 4.78. The number of carbonyl (C=O) groups excluding carboxylic acids is 3. The fourth-order valence-corrected chi connectivity index (χ4v) is 3.31. The molecule has 138 valence electrons. The third-order valence-corrected chi connectivity index (χ3v) is 4.78. The number of rotatable bonds is 3. The van der Waals surface area contributed by atoms with E-state index in [9.17, 15) is 14.4 Å². The molecule has 0 aromatic heterocycles. The Morgan fingerprint density at radius 1 is 1.28 bits per heavy atom. The summed E-state index contributed by atoms with van der Waals surface area (Å²) in [7, 11) is 0. The lowest BCUT2D eigenvalue weighted by atomic mass is 9.83. The molecule has 0 unspecified atom stereocenters. The molecule has 0 amide bonds. The maximum atomic E-state index is 12.1. The van der Waals surface area contributed by atoms with E-state index < -0.39 is 6.10 Å². The molecule has 4 atom stereocenters. The van der Waals surface area contributed by atoms with Gasteiger partial charge in [-0.1, -0.05) is 13.0 Å². The van der Waals surface area contributed by atoms with E-state index in [2.05, 4.69) is 0 Å². The highest BCUT2D eigenvalue weighted by Gasteiger charge is 2.42. The van der Waals surface area contributed by atoms with Crippen LogP contribution in [-0.2, 0) is 28.6 Å². The molecule has 0 N–H and O–H groups in total. The maximum Gasteiger partial charge on any atom is 0.309 e. The average molecular weight is 350 g/mol. The lowest BCUT2D eigenvalue weighted by Gasteiger charge is -2.26. The Labute approximate surface area is 148 Å². The van der Waals surface area contributed by atoms with Gasteiger partial charge in [-0.3, -0.25) is 14.4 Å². The molecule has 0 spiro atoms. The van der Waals surface area contributed by atoms with Gasteiger partial charge in [0.25, 0.3) is 0 Å². The van der Waals surface area contributed by atoms with Crippen molar-refractivity contribution in [2.45, 2.75) is 59.2 Å². The summed E-state index contributed by atoms with van der Waals surface area (Å²) in [6.45, 7) is 6.73. The molecule has 25 heavy (non-hydrogen) atoms. The second-order valence-corrected chi connectivity index (χ2v) is 6.78. The molecule has 6 heteroatoms. The maximum absolute atomic E-state index is 12.1. The summed E-state index contributed by atoms with van der Waals surface area (Å²) in [6.07, 6.45) is 5.13. The van der Waals surface area contributed by atoms with Crippen LogP contribution in [0.25, 0.3) is 0 Å². The molecule has 0 aromatic carbocycles. The third kappa shape index (κ3) is 5.18. The summed E-state index contributed by atoms with van der Waals surface area (Å²) >= 11 is 0. The molecule has 1 aliphatic heterocycles. The molecule has 0 radical (unpaired) electrons.